The maximum atomic E-state index is 12.9. The number of amides is 1. The van der Waals surface area contributed by atoms with Crippen LogP contribution in [-0.2, 0) is 21.2 Å². The van der Waals surface area contributed by atoms with Gasteiger partial charge in [0, 0.05) is 26.2 Å². The molecule has 3 rings (SSSR count). The third-order valence-electron chi connectivity index (χ3n) is 5.53. The molecule has 2 aromatic rings. The maximum absolute atomic E-state index is 12.9. The fourth-order valence-corrected chi connectivity index (χ4v) is 4.99. The predicted octanol–water partition coefficient (Wildman–Crippen LogP) is 3.17. The Balaban J connectivity index is 1.53. The number of ether oxygens (including phenoxy) is 1. The SMILES string of the molecule is CCCc1ccc(OCC(=O)N2CCN(S(=O)(=O)c3ccc(C)c(C)c3)CC2)cc1. The normalized spacial score (nSPS) is 15.2. The van der Waals surface area contributed by atoms with Crippen LogP contribution in [0.5, 0.6) is 5.75 Å². The summed E-state index contributed by atoms with van der Waals surface area (Å²) in [4.78, 5) is 14.5. The molecule has 0 radical (unpaired) electrons. The van der Waals surface area contributed by atoms with Gasteiger partial charge in [0.15, 0.2) is 6.61 Å². The van der Waals surface area contributed by atoms with E-state index >= 15 is 0 Å². The van der Waals surface area contributed by atoms with Crippen molar-refractivity contribution in [2.24, 2.45) is 0 Å². The number of sulfonamides is 1. The van der Waals surface area contributed by atoms with Crippen molar-refractivity contribution in [1.29, 1.82) is 0 Å². The summed E-state index contributed by atoms with van der Waals surface area (Å²) < 4.78 is 32.9. The first kappa shape index (κ1) is 22.3. The van der Waals surface area contributed by atoms with Crippen LogP contribution in [0, 0.1) is 13.8 Å². The van der Waals surface area contributed by atoms with Crippen molar-refractivity contribution in [2.75, 3.05) is 32.8 Å². The van der Waals surface area contributed by atoms with Crippen LogP contribution in [0.25, 0.3) is 0 Å². The summed E-state index contributed by atoms with van der Waals surface area (Å²) in [6, 6.07) is 13.0. The Morgan fingerprint density at radius 1 is 0.967 bits per heavy atom. The average molecular weight is 431 g/mol. The van der Waals surface area contributed by atoms with E-state index in [1.165, 1.54) is 9.87 Å². The number of carbonyl (C=O) groups excluding carboxylic acids is 1. The van der Waals surface area contributed by atoms with Crippen LogP contribution < -0.4 is 4.74 Å². The number of rotatable bonds is 7. The number of hydrogen-bond donors (Lipinski definition) is 0. The summed E-state index contributed by atoms with van der Waals surface area (Å²) in [6.07, 6.45) is 2.11. The Hall–Kier alpha value is -2.38. The number of carbonyl (C=O) groups is 1. The molecule has 0 saturated carbocycles. The highest BCUT2D eigenvalue weighted by Crippen LogP contribution is 2.21. The third-order valence-corrected chi connectivity index (χ3v) is 7.43. The minimum atomic E-state index is -3.55. The fourth-order valence-electron chi connectivity index (χ4n) is 3.48. The first-order valence-electron chi connectivity index (χ1n) is 10.4. The average Bonchev–Trinajstić information content (AvgIpc) is 2.75. The summed E-state index contributed by atoms with van der Waals surface area (Å²) in [7, 11) is -3.55. The number of aryl methyl sites for hydroxylation is 3. The molecule has 1 heterocycles. The van der Waals surface area contributed by atoms with Gasteiger partial charge in [-0.3, -0.25) is 4.79 Å². The van der Waals surface area contributed by atoms with Gasteiger partial charge in [-0.15, -0.1) is 0 Å². The van der Waals surface area contributed by atoms with Crippen LogP contribution in [0.3, 0.4) is 0 Å². The van der Waals surface area contributed by atoms with Crippen LogP contribution in [0.15, 0.2) is 47.4 Å². The summed E-state index contributed by atoms with van der Waals surface area (Å²) in [5.74, 6) is 0.537. The lowest BCUT2D eigenvalue weighted by Gasteiger charge is -2.34. The first-order chi connectivity index (χ1) is 14.3. The highest BCUT2D eigenvalue weighted by molar-refractivity contribution is 7.89. The molecule has 0 atom stereocenters. The Morgan fingerprint density at radius 2 is 1.63 bits per heavy atom. The molecule has 1 aliphatic heterocycles. The van der Waals surface area contributed by atoms with Gasteiger partial charge in [-0.25, -0.2) is 8.42 Å². The van der Waals surface area contributed by atoms with E-state index in [2.05, 4.69) is 6.92 Å². The molecule has 2 aromatic carbocycles. The van der Waals surface area contributed by atoms with Crippen molar-refractivity contribution in [2.45, 2.75) is 38.5 Å². The Bertz CT molecular complexity index is 979. The van der Waals surface area contributed by atoms with Gasteiger partial charge in [0.05, 0.1) is 4.90 Å². The lowest BCUT2D eigenvalue weighted by Crippen LogP contribution is -2.51. The van der Waals surface area contributed by atoms with Crippen molar-refractivity contribution in [3.05, 3.63) is 59.2 Å². The zero-order valence-electron chi connectivity index (χ0n) is 17.9. The van der Waals surface area contributed by atoms with Crippen molar-refractivity contribution >= 4 is 15.9 Å². The van der Waals surface area contributed by atoms with E-state index in [0.717, 1.165) is 24.0 Å². The Kier molecular flexibility index (Phi) is 7.15. The summed E-state index contributed by atoms with van der Waals surface area (Å²) >= 11 is 0. The molecule has 0 N–H and O–H groups in total. The Labute approximate surface area is 179 Å². The largest absolute Gasteiger partial charge is 0.484 e. The zero-order valence-corrected chi connectivity index (χ0v) is 18.7. The van der Waals surface area contributed by atoms with Crippen LogP contribution in [0.4, 0.5) is 0 Å². The fraction of sp³-hybridized carbons (Fsp3) is 0.435. The number of piperazine rings is 1. The lowest BCUT2D eigenvalue weighted by molar-refractivity contribution is -0.134. The van der Waals surface area contributed by atoms with Gasteiger partial charge in [-0.1, -0.05) is 31.5 Å². The molecular formula is C23H30N2O4S. The van der Waals surface area contributed by atoms with Crippen LogP contribution >= 0.6 is 0 Å². The summed E-state index contributed by atoms with van der Waals surface area (Å²) in [5.41, 5.74) is 3.26. The minimum Gasteiger partial charge on any atom is -0.484 e. The minimum absolute atomic E-state index is 0.0446. The first-order valence-corrected chi connectivity index (χ1v) is 11.8. The molecule has 30 heavy (non-hydrogen) atoms. The van der Waals surface area contributed by atoms with Crippen LogP contribution in [0.2, 0.25) is 0 Å². The van der Waals surface area contributed by atoms with Crippen molar-refractivity contribution in [1.82, 2.24) is 9.21 Å². The molecule has 1 fully saturated rings. The highest BCUT2D eigenvalue weighted by Gasteiger charge is 2.30. The maximum Gasteiger partial charge on any atom is 0.260 e. The van der Waals surface area contributed by atoms with Gasteiger partial charge in [-0.05, 0) is 61.2 Å². The van der Waals surface area contributed by atoms with E-state index in [0.29, 0.717) is 23.7 Å². The highest BCUT2D eigenvalue weighted by atomic mass is 32.2. The van der Waals surface area contributed by atoms with Gasteiger partial charge in [-0.2, -0.15) is 4.31 Å². The predicted molar refractivity (Wildman–Crippen MR) is 117 cm³/mol. The second kappa shape index (κ2) is 9.62. The topological polar surface area (TPSA) is 66.9 Å². The summed E-state index contributed by atoms with van der Waals surface area (Å²) in [5, 5.41) is 0. The van der Waals surface area contributed by atoms with E-state index in [1.54, 1.807) is 17.0 Å². The second-order valence-corrected chi connectivity index (χ2v) is 9.65. The van der Waals surface area contributed by atoms with Gasteiger partial charge < -0.3 is 9.64 Å². The molecule has 0 spiro atoms. The molecular weight excluding hydrogens is 400 g/mol. The van der Waals surface area contributed by atoms with E-state index < -0.39 is 10.0 Å². The lowest BCUT2D eigenvalue weighted by atomic mass is 10.1. The van der Waals surface area contributed by atoms with Crippen molar-refractivity contribution in [3.63, 3.8) is 0 Å². The van der Waals surface area contributed by atoms with E-state index in [1.807, 2.05) is 44.2 Å². The van der Waals surface area contributed by atoms with Crippen LogP contribution in [0.1, 0.15) is 30.0 Å². The third kappa shape index (κ3) is 5.21. The molecule has 1 aliphatic rings. The quantitative estimate of drug-likeness (QED) is 0.677. The molecule has 7 heteroatoms. The van der Waals surface area contributed by atoms with Gasteiger partial charge in [0.1, 0.15) is 5.75 Å². The zero-order chi connectivity index (χ0) is 21.7. The van der Waals surface area contributed by atoms with E-state index in [-0.39, 0.29) is 25.6 Å². The van der Waals surface area contributed by atoms with Crippen LogP contribution in [-0.4, -0.2) is 56.3 Å². The second-order valence-electron chi connectivity index (χ2n) is 7.71. The van der Waals surface area contributed by atoms with E-state index in [9.17, 15) is 13.2 Å². The molecule has 0 aliphatic carbocycles. The number of nitrogens with zero attached hydrogens (tertiary/aromatic N) is 2. The molecule has 1 saturated heterocycles. The molecule has 6 nitrogen and oxygen atoms in total. The smallest absolute Gasteiger partial charge is 0.260 e. The molecule has 1 amide bonds. The monoisotopic (exact) mass is 430 g/mol. The molecule has 0 bridgehead atoms. The van der Waals surface area contributed by atoms with E-state index in [4.69, 9.17) is 4.74 Å². The van der Waals surface area contributed by atoms with Crippen molar-refractivity contribution < 1.29 is 17.9 Å². The standard InChI is InChI=1S/C23H30N2O4S/c1-4-5-20-7-9-21(10-8-20)29-17-23(26)24-12-14-25(15-13-24)30(27,28)22-11-6-18(2)19(3)16-22/h6-11,16H,4-5,12-15,17H2,1-3H3. The van der Waals surface area contributed by atoms with Gasteiger partial charge in [0.25, 0.3) is 5.91 Å². The Morgan fingerprint density at radius 3 is 2.23 bits per heavy atom. The van der Waals surface area contributed by atoms with Gasteiger partial charge in [0.2, 0.25) is 10.0 Å². The van der Waals surface area contributed by atoms with Gasteiger partial charge >= 0.3 is 0 Å². The number of hydrogen-bond acceptors (Lipinski definition) is 4. The van der Waals surface area contributed by atoms with Crippen molar-refractivity contribution in [3.8, 4) is 5.75 Å². The molecule has 162 valence electrons. The molecule has 0 aromatic heterocycles. The number of benzene rings is 2. The molecule has 0 unspecified atom stereocenters. The summed E-state index contributed by atoms with van der Waals surface area (Å²) in [6.45, 7) is 7.25.